The van der Waals surface area contributed by atoms with Gasteiger partial charge < -0.3 is 62.7 Å². The number of ether oxygens (including phenoxy) is 4. The van der Waals surface area contributed by atoms with Gasteiger partial charge in [-0.25, -0.2) is 13.6 Å². The molecule has 0 unspecified atom stereocenters. The van der Waals surface area contributed by atoms with E-state index in [4.69, 9.17) is 18.9 Å². The second-order valence-corrected chi connectivity index (χ2v) is 29.9. The molecular weight excluding hydrogens is 1340 g/mol. The fourth-order valence-corrected chi connectivity index (χ4v) is 15.1. The number of unbranched alkanes of at least 4 members (excludes halogenated alkanes) is 2. The zero-order valence-electron chi connectivity index (χ0n) is 62.0. The summed E-state index contributed by atoms with van der Waals surface area (Å²) in [5.74, 6) is 1.20. The van der Waals surface area contributed by atoms with E-state index in [1.807, 2.05) is 56.3 Å². The number of anilines is 1. The topological polar surface area (TPSA) is 220 Å². The maximum Gasteiger partial charge on any atom is 0.410 e. The van der Waals surface area contributed by atoms with Crippen LogP contribution in [0, 0.1) is 29.4 Å². The highest BCUT2D eigenvalue weighted by atomic mass is 19.1. The number of rotatable bonds is 20. The minimum absolute atomic E-state index is 0.0393. The van der Waals surface area contributed by atoms with Crippen molar-refractivity contribution in [3.05, 3.63) is 142 Å². The van der Waals surface area contributed by atoms with Crippen LogP contribution in [0.3, 0.4) is 0 Å². The molecule has 0 atom stereocenters. The number of nitrogens with one attached hydrogen (secondary N) is 1. The van der Waals surface area contributed by atoms with Crippen LogP contribution >= 0.6 is 0 Å². The second kappa shape index (κ2) is 36.4. The van der Waals surface area contributed by atoms with E-state index >= 15 is 8.78 Å². The predicted molar refractivity (Wildman–Crippen MR) is 403 cm³/mol. The van der Waals surface area contributed by atoms with Crippen LogP contribution in [0.25, 0.3) is 43.8 Å². The van der Waals surface area contributed by atoms with Gasteiger partial charge in [0.05, 0.1) is 30.0 Å². The van der Waals surface area contributed by atoms with E-state index in [-0.39, 0.29) is 83.9 Å². The van der Waals surface area contributed by atoms with Gasteiger partial charge in [0.25, 0.3) is 17.0 Å². The highest BCUT2D eigenvalue weighted by molar-refractivity contribution is 6.09. The Hall–Kier alpha value is -8.93. The first kappa shape index (κ1) is 77.2. The van der Waals surface area contributed by atoms with Crippen molar-refractivity contribution in [2.24, 2.45) is 17.8 Å². The first-order chi connectivity index (χ1) is 50.8. The van der Waals surface area contributed by atoms with Gasteiger partial charge in [0.1, 0.15) is 35.6 Å². The molecule has 0 bridgehead atoms. The van der Waals surface area contributed by atoms with E-state index < -0.39 is 11.4 Å². The first-order valence-electron chi connectivity index (χ1n) is 38.0. The molecule has 0 radical (unpaired) electrons. The fourth-order valence-electron chi connectivity index (χ4n) is 15.1. The number of hydrogen-bond acceptors (Lipinski definition) is 16. The van der Waals surface area contributed by atoms with Crippen LogP contribution in [0.1, 0.15) is 148 Å². The van der Waals surface area contributed by atoms with Crippen molar-refractivity contribution in [1.82, 2.24) is 44.0 Å². The summed E-state index contributed by atoms with van der Waals surface area (Å²) < 4.78 is 57.3. The number of piperidine rings is 6. The number of aromatic nitrogens is 4. The number of amides is 3. The number of halogens is 2. The average molecular weight is 1440 g/mol. The number of aldehydes is 1. The normalized spacial score (nSPS) is 18.0. The number of aryl methyl sites for hydroxylation is 2. The zero-order chi connectivity index (χ0) is 74.2. The van der Waals surface area contributed by atoms with Gasteiger partial charge in [0.2, 0.25) is 5.91 Å². The zero-order valence-corrected chi connectivity index (χ0v) is 62.0. The number of hydrogen-bond donors (Lipinski definition) is 1. The molecule has 3 amide bonds. The lowest BCUT2D eigenvalue weighted by Gasteiger charge is -2.37. The molecule has 3 aromatic carbocycles. The highest BCUT2D eigenvalue weighted by Crippen LogP contribution is 2.36. The Labute approximate surface area is 614 Å². The third-order valence-corrected chi connectivity index (χ3v) is 21.2. The highest BCUT2D eigenvalue weighted by Gasteiger charge is 2.33. The molecule has 562 valence electrons. The molecule has 6 aliphatic heterocycles. The van der Waals surface area contributed by atoms with Crippen molar-refractivity contribution in [3.63, 3.8) is 0 Å². The molecule has 105 heavy (non-hydrogen) atoms. The molecule has 6 fully saturated rings. The van der Waals surface area contributed by atoms with Crippen LogP contribution in [-0.2, 0) is 32.2 Å². The van der Waals surface area contributed by atoms with Crippen molar-refractivity contribution < 1.29 is 51.7 Å². The Morgan fingerprint density at radius 1 is 0.590 bits per heavy atom. The molecule has 6 saturated heterocycles. The van der Waals surface area contributed by atoms with E-state index in [0.29, 0.717) is 84.3 Å². The van der Waals surface area contributed by atoms with Crippen LogP contribution in [0.2, 0.25) is 0 Å². The standard InChI is InChI=1S/C42H48FN5O6.C29H37FN4O2.C11H19NO3/c1-3-4-16-47-27-35(33-9-15-44-25-34(33)42(47)52)29-5-7-38(36(43)22-29)54-32-13-17-45(18-14-32)26-28-10-19-46(20-11-28)41(51)30-6-8-39(53-2)37(23-30)48-21-12-31(49)24-40(48)50;1-2-3-14-34-20-26(24-8-13-32-18-25(24)29(34)35)22-4-5-28(27(30)17-22)36-23-9-15-33(16-10-23)19-21-6-11-31-12-7-21;1-11(2,3)15-10(14)12-6-4-9(8-13)5-7-12/h5-9,15,22-23,25,27-28,32H,3-4,10-14,16-21,24,26H2,1-2H3;4-5,8,13,17-18,20-21,23,31H,2-3,6-7,9-12,14-16,19H2,1H3;8-9H,4-7H2,1-3H3. The predicted octanol–water partition coefficient (Wildman–Crippen LogP) is 12.8. The Bertz CT molecular complexity index is 4270. The van der Waals surface area contributed by atoms with Gasteiger partial charge in [-0.2, -0.15) is 0 Å². The first-order valence-corrected chi connectivity index (χ1v) is 38.0. The van der Waals surface area contributed by atoms with Gasteiger partial charge in [0, 0.05) is 151 Å². The summed E-state index contributed by atoms with van der Waals surface area (Å²) >= 11 is 0. The van der Waals surface area contributed by atoms with E-state index in [1.54, 1.807) is 80.1 Å². The maximum atomic E-state index is 15.5. The lowest BCUT2D eigenvalue weighted by Crippen LogP contribution is -2.44. The van der Waals surface area contributed by atoms with E-state index in [1.165, 1.54) is 38.6 Å². The molecule has 0 spiro atoms. The third kappa shape index (κ3) is 20.2. The summed E-state index contributed by atoms with van der Waals surface area (Å²) in [5.41, 5.74) is 3.48. The third-order valence-electron chi connectivity index (χ3n) is 21.2. The number of carbonyl (C=O) groups is 5. The van der Waals surface area contributed by atoms with Gasteiger partial charge in [-0.3, -0.25) is 33.9 Å². The minimum Gasteiger partial charge on any atom is -0.495 e. The Morgan fingerprint density at radius 3 is 1.55 bits per heavy atom. The fraction of sp³-hybridized carbons (Fsp3) is 0.524. The molecule has 21 nitrogen and oxygen atoms in total. The molecular formula is C82H104F2N10O11. The molecule has 13 rings (SSSR count). The minimum atomic E-state index is -0.446. The lowest BCUT2D eigenvalue weighted by atomic mass is 9.94. The Balaban J connectivity index is 0.000000184. The smallest absolute Gasteiger partial charge is 0.410 e. The van der Waals surface area contributed by atoms with Crippen molar-refractivity contribution in [2.45, 2.75) is 168 Å². The van der Waals surface area contributed by atoms with Crippen molar-refractivity contribution in [2.75, 3.05) is 97.1 Å². The molecule has 1 N–H and O–H groups in total. The van der Waals surface area contributed by atoms with E-state index in [9.17, 15) is 33.6 Å². The van der Waals surface area contributed by atoms with Gasteiger partial charge in [-0.05, 0) is 199 Å². The number of pyridine rings is 4. The molecule has 10 heterocycles. The molecule has 4 aromatic heterocycles. The summed E-state index contributed by atoms with van der Waals surface area (Å²) in [6.45, 7) is 21.9. The largest absolute Gasteiger partial charge is 0.495 e. The molecule has 0 aliphatic carbocycles. The molecule has 0 saturated carbocycles. The maximum absolute atomic E-state index is 15.5. The number of ketones is 1. The lowest BCUT2D eigenvalue weighted by molar-refractivity contribution is -0.128. The SMILES string of the molecule is CC(C)(C)OC(=O)N1CCC(C=O)CC1.CCCCn1cc(-c2ccc(OC3CCN(CC4CCN(C(=O)c5ccc(OC)c(N6CCC(=O)CC6=O)c5)CC4)CC3)c(F)c2)c2ccncc2c1=O.CCCCn1cc(-c2ccc(OC3CCN(CC4CCNCC4)CC3)c(F)c2)c2ccncc2c1=O. The van der Waals surface area contributed by atoms with Crippen molar-refractivity contribution in [3.8, 4) is 39.5 Å². The van der Waals surface area contributed by atoms with Crippen LogP contribution in [-0.4, -0.2) is 179 Å². The summed E-state index contributed by atoms with van der Waals surface area (Å²) in [6, 6.07) is 19.0. The molecule has 23 heteroatoms. The molecule has 6 aliphatic rings. The van der Waals surface area contributed by atoms with Gasteiger partial charge in [-0.15, -0.1) is 0 Å². The number of likely N-dealkylation sites (tertiary alicyclic amines) is 4. The quantitative estimate of drug-likeness (QED) is 0.0554. The van der Waals surface area contributed by atoms with Gasteiger partial charge in [0.15, 0.2) is 23.1 Å². The van der Waals surface area contributed by atoms with Crippen LogP contribution < -0.4 is 35.5 Å². The number of methoxy groups -OCH3 is 1. The summed E-state index contributed by atoms with van der Waals surface area (Å²) in [7, 11) is 1.53. The van der Waals surface area contributed by atoms with E-state index in [0.717, 1.165) is 163 Å². The van der Waals surface area contributed by atoms with Gasteiger partial charge in [-0.1, -0.05) is 38.8 Å². The Kier molecular flexibility index (Phi) is 26.7. The van der Waals surface area contributed by atoms with Crippen LogP contribution in [0.5, 0.6) is 17.2 Å². The Morgan fingerprint density at radius 2 is 1.09 bits per heavy atom. The number of carbonyl (C=O) groups excluding carboxylic acids is 5. The van der Waals surface area contributed by atoms with Crippen LogP contribution in [0.4, 0.5) is 19.3 Å². The summed E-state index contributed by atoms with van der Waals surface area (Å²) in [6.07, 6.45) is 24.0. The average Bonchev–Trinajstić information content (AvgIpc) is 0.778. The summed E-state index contributed by atoms with van der Waals surface area (Å²) in [4.78, 5) is 104. The number of Topliss-reactive ketones (excluding diaryl/α,β-unsaturated/α-hetero) is 1. The number of fused-ring (bicyclic) bond motifs is 2. The molecule has 7 aromatic rings. The van der Waals surface area contributed by atoms with Crippen LogP contribution in [0.15, 0.2) is 114 Å². The monoisotopic (exact) mass is 1440 g/mol. The second-order valence-electron chi connectivity index (χ2n) is 29.9. The summed E-state index contributed by atoms with van der Waals surface area (Å²) in [5, 5.41) is 6.05. The number of nitrogens with zero attached hydrogens (tertiary/aromatic N) is 9. The van der Waals surface area contributed by atoms with Crippen molar-refractivity contribution >= 4 is 57.2 Å². The van der Waals surface area contributed by atoms with Gasteiger partial charge >= 0.3 is 6.09 Å². The number of benzene rings is 3. The van der Waals surface area contributed by atoms with E-state index in [2.05, 4.69) is 38.9 Å². The van der Waals surface area contributed by atoms with Crippen molar-refractivity contribution in [1.29, 1.82) is 0 Å².